The standard InChI is InChI=1S/C12H13ClN4S/c1-7-3-9(4-8(2)11(7)13)5-15-17-12-16-10(14)6-18-12/h3-6H,14H2,1-2H3,(H,16,17). The largest absolute Gasteiger partial charge is 0.383 e. The van der Waals surface area contributed by atoms with Gasteiger partial charge in [-0.05, 0) is 42.7 Å². The summed E-state index contributed by atoms with van der Waals surface area (Å²) in [6, 6.07) is 3.97. The summed E-state index contributed by atoms with van der Waals surface area (Å²) in [4.78, 5) is 4.04. The summed E-state index contributed by atoms with van der Waals surface area (Å²) < 4.78 is 0. The number of nitrogens with one attached hydrogen (secondary N) is 1. The van der Waals surface area contributed by atoms with E-state index in [1.54, 1.807) is 11.6 Å². The minimum Gasteiger partial charge on any atom is -0.383 e. The Morgan fingerprint density at radius 1 is 1.39 bits per heavy atom. The molecular weight excluding hydrogens is 268 g/mol. The molecule has 0 atom stereocenters. The second-order valence-corrected chi connectivity index (χ2v) is 5.15. The number of aryl methyl sites for hydroxylation is 2. The third-order valence-corrected chi connectivity index (χ3v) is 3.72. The van der Waals surface area contributed by atoms with Gasteiger partial charge in [0.2, 0.25) is 5.13 Å². The summed E-state index contributed by atoms with van der Waals surface area (Å²) in [5.74, 6) is 0.496. The van der Waals surface area contributed by atoms with Crippen LogP contribution in [0.15, 0.2) is 22.6 Å². The maximum absolute atomic E-state index is 6.10. The molecule has 0 saturated heterocycles. The van der Waals surface area contributed by atoms with Gasteiger partial charge < -0.3 is 5.73 Å². The van der Waals surface area contributed by atoms with Crippen LogP contribution in [0.3, 0.4) is 0 Å². The minimum absolute atomic E-state index is 0.496. The predicted octanol–water partition coefficient (Wildman–Crippen LogP) is 3.44. The van der Waals surface area contributed by atoms with Crippen molar-refractivity contribution in [2.24, 2.45) is 5.10 Å². The number of halogens is 1. The van der Waals surface area contributed by atoms with E-state index in [0.29, 0.717) is 10.9 Å². The van der Waals surface area contributed by atoms with Crippen molar-refractivity contribution in [3.63, 3.8) is 0 Å². The monoisotopic (exact) mass is 280 g/mol. The van der Waals surface area contributed by atoms with E-state index in [-0.39, 0.29) is 0 Å². The number of nitrogens with two attached hydrogens (primary N) is 1. The van der Waals surface area contributed by atoms with E-state index >= 15 is 0 Å². The number of thiazole rings is 1. The van der Waals surface area contributed by atoms with Crippen LogP contribution in [-0.4, -0.2) is 11.2 Å². The van der Waals surface area contributed by atoms with Gasteiger partial charge in [0.1, 0.15) is 5.82 Å². The van der Waals surface area contributed by atoms with Gasteiger partial charge in [0.25, 0.3) is 0 Å². The first-order valence-corrected chi connectivity index (χ1v) is 6.59. The molecule has 0 aliphatic heterocycles. The molecule has 3 N–H and O–H groups in total. The molecule has 1 aromatic heterocycles. The second-order valence-electron chi connectivity index (χ2n) is 3.92. The van der Waals surface area contributed by atoms with E-state index < -0.39 is 0 Å². The molecule has 0 amide bonds. The Bertz CT molecular complexity index is 569. The molecule has 6 heteroatoms. The first-order valence-electron chi connectivity index (χ1n) is 5.33. The highest BCUT2D eigenvalue weighted by Gasteiger charge is 2.01. The molecule has 1 aromatic carbocycles. The minimum atomic E-state index is 0.496. The Morgan fingerprint density at radius 3 is 2.61 bits per heavy atom. The van der Waals surface area contributed by atoms with Crippen molar-refractivity contribution in [3.05, 3.63) is 39.2 Å². The van der Waals surface area contributed by atoms with E-state index in [4.69, 9.17) is 17.3 Å². The van der Waals surface area contributed by atoms with Crippen molar-refractivity contribution in [1.29, 1.82) is 0 Å². The number of nitrogens with zero attached hydrogens (tertiary/aromatic N) is 2. The van der Waals surface area contributed by atoms with E-state index in [1.165, 1.54) is 11.3 Å². The van der Waals surface area contributed by atoms with E-state index in [9.17, 15) is 0 Å². The van der Waals surface area contributed by atoms with Crippen molar-refractivity contribution >= 4 is 40.1 Å². The molecule has 94 valence electrons. The Labute approximate surface area is 115 Å². The quantitative estimate of drug-likeness (QED) is 0.669. The number of nitrogen functional groups attached to an aromatic ring is 1. The Balaban J connectivity index is 2.09. The lowest BCUT2D eigenvalue weighted by Gasteiger charge is -2.03. The summed E-state index contributed by atoms with van der Waals surface area (Å²) in [6.07, 6.45) is 1.73. The van der Waals surface area contributed by atoms with Crippen LogP contribution in [0.25, 0.3) is 0 Å². The lowest BCUT2D eigenvalue weighted by Crippen LogP contribution is -1.93. The smallest absolute Gasteiger partial charge is 0.205 e. The molecule has 2 aromatic rings. The summed E-state index contributed by atoms with van der Waals surface area (Å²) in [7, 11) is 0. The van der Waals surface area contributed by atoms with Crippen molar-refractivity contribution < 1.29 is 0 Å². The van der Waals surface area contributed by atoms with Gasteiger partial charge in [-0.1, -0.05) is 11.6 Å². The Hall–Kier alpha value is -1.59. The van der Waals surface area contributed by atoms with Crippen LogP contribution in [-0.2, 0) is 0 Å². The number of hydrazone groups is 1. The number of hydrogen-bond donors (Lipinski definition) is 2. The number of rotatable bonds is 3. The highest BCUT2D eigenvalue weighted by molar-refractivity contribution is 7.14. The fraction of sp³-hybridized carbons (Fsp3) is 0.167. The fourth-order valence-electron chi connectivity index (χ4n) is 1.55. The van der Waals surface area contributed by atoms with Crippen LogP contribution in [0.4, 0.5) is 10.9 Å². The molecule has 1 heterocycles. The highest BCUT2D eigenvalue weighted by atomic mass is 35.5. The number of anilines is 2. The summed E-state index contributed by atoms with van der Waals surface area (Å²) in [6.45, 7) is 3.95. The van der Waals surface area contributed by atoms with Gasteiger partial charge in [-0.2, -0.15) is 5.10 Å². The molecule has 0 fully saturated rings. The fourth-order valence-corrected chi connectivity index (χ4v) is 2.21. The van der Waals surface area contributed by atoms with Crippen LogP contribution < -0.4 is 11.2 Å². The van der Waals surface area contributed by atoms with Crippen molar-refractivity contribution in [3.8, 4) is 0 Å². The molecule has 0 saturated carbocycles. The summed E-state index contributed by atoms with van der Waals surface area (Å²) >= 11 is 7.51. The molecule has 0 radical (unpaired) electrons. The van der Waals surface area contributed by atoms with Gasteiger partial charge in [-0.15, -0.1) is 11.3 Å². The van der Waals surface area contributed by atoms with Crippen molar-refractivity contribution in [2.75, 3.05) is 11.2 Å². The predicted molar refractivity (Wildman–Crippen MR) is 78.7 cm³/mol. The van der Waals surface area contributed by atoms with Crippen LogP contribution in [0.2, 0.25) is 5.02 Å². The SMILES string of the molecule is Cc1cc(C=NNc2nc(N)cs2)cc(C)c1Cl. The maximum Gasteiger partial charge on any atom is 0.205 e. The number of aromatic nitrogens is 1. The van der Waals surface area contributed by atoms with Crippen LogP contribution in [0.5, 0.6) is 0 Å². The molecule has 18 heavy (non-hydrogen) atoms. The van der Waals surface area contributed by atoms with E-state index in [0.717, 1.165) is 21.7 Å². The highest BCUT2D eigenvalue weighted by Crippen LogP contribution is 2.21. The first-order chi connectivity index (χ1) is 8.56. The average molecular weight is 281 g/mol. The zero-order valence-corrected chi connectivity index (χ0v) is 11.6. The van der Waals surface area contributed by atoms with E-state index in [1.807, 2.05) is 26.0 Å². The molecule has 0 spiro atoms. The Kier molecular flexibility index (Phi) is 3.84. The third-order valence-electron chi connectivity index (χ3n) is 2.35. The molecule has 2 rings (SSSR count). The van der Waals surface area contributed by atoms with Gasteiger partial charge in [0.05, 0.1) is 6.21 Å². The van der Waals surface area contributed by atoms with Crippen LogP contribution >= 0.6 is 22.9 Å². The van der Waals surface area contributed by atoms with Crippen LogP contribution in [0, 0.1) is 13.8 Å². The lowest BCUT2D eigenvalue weighted by molar-refractivity contribution is 1.29. The zero-order chi connectivity index (χ0) is 13.1. The van der Waals surface area contributed by atoms with Crippen molar-refractivity contribution in [1.82, 2.24) is 4.98 Å². The summed E-state index contributed by atoms with van der Waals surface area (Å²) in [5.41, 5.74) is 11.4. The molecule has 0 bridgehead atoms. The maximum atomic E-state index is 6.10. The number of hydrogen-bond acceptors (Lipinski definition) is 5. The van der Waals surface area contributed by atoms with Crippen molar-refractivity contribution in [2.45, 2.75) is 13.8 Å². The number of benzene rings is 1. The molecule has 0 aliphatic carbocycles. The lowest BCUT2D eigenvalue weighted by atomic mass is 10.1. The van der Waals surface area contributed by atoms with Gasteiger partial charge in [-0.3, -0.25) is 5.43 Å². The second kappa shape index (κ2) is 5.37. The van der Waals surface area contributed by atoms with Gasteiger partial charge in [0.15, 0.2) is 0 Å². The van der Waals surface area contributed by atoms with Gasteiger partial charge in [-0.25, -0.2) is 4.98 Å². The third kappa shape index (κ3) is 3.00. The normalized spacial score (nSPS) is 11.1. The van der Waals surface area contributed by atoms with Crippen LogP contribution in [0.1, 0.15) is 16.7 Å². The zero-order valence-electron chi connectivity index (χ0n) is 10.1. The topological polar surface area (TPSA) is 63.3 Å². The first kappa shape index (κ1) is 12.9. The molecular formula is C12H13ClN4S. The Morgan fingerprint density at radius 2 is 2.06 bits per heavy atom. The molecule has 0 unspecified atom stereocenters. The molecule has 4 nitrogen and oxygen atoms in total. The van der Waals surface area contributed by atoms with E-state index in [2.05, 4.69) is 15.5 Å². The van der Waals surface area contributed by atoms with Gasteiger partial charge in [0, 0.05) is 10.4 Å². The molecule has 0 aliphatic rings. The summed E-state index contributed by atoms with van der Waals surface area (Å²) in [5, 5.41) is 7.34. The average Bonchev–Trinajstić information content (AvgIpc) is 2.72. The van der Waals surface area contributed by atoms with Gasteiger partial charge >= 0.3 is 0 Å².